The van der Waals surface area contributed by atoms with Gasteiger partial charge < -0.3 is 9.47 Å². The average molecular weight is 250 g/mol. The lowest BCUT2D eigenvalue weighted by molar-refractivity contribution is -0.140. The van der Waals surface area contributed by atoms with E-state index in [0.29, 0.717) is 13.0 Å². The second kappa shape index (κ2) is 8.56. The van der Waals surface area contributed by atoms with Crippen LogP contribution in [0.4, 0.5) is 0 Å². The summed E-state index contributed by atoms with van der Waals surface area (Å²) in [5.41, 5.74) is 1.32. The van der Waals surface area contributed by atoms with E-state index in [0.717, 1.165) is 31.4 Å². The molecule has 0 atom stereocenters. The van der Waals surface area contributed by atoms with Gasteiger partial charge in [0, 0.05) is 6.42 Å². The van der Waals surface area contributed by atoms with E-state index in [1.165, 1.54) is 12.7 Å². The van der Waals surface area contributed by atoms with Gasteiger partial charge in [0.2, 0.25) is 0 Å². The minimum atomic E-state index is -0.133. The topological polar surface area (TPSA) is 35.5 Å². The van der Waals surface area contributed by atoms with Crippen molar-refractivity contribution in [3.8, 4) is 5.75 Å². The van der Waals surface area contributed by atoms with Gasteiger partial charge in [-0.1, -0.05) is 19.1 Å². The van der Waals surface area contributed by atoms with Crippen LogP contribution >= 0.6 is 0 Å². The zero-order chi connectivity index (χ0) is 13.2. The molecule has 0 spiro atoms. The first-order chi connectivity index (χ1) is 8.76. The number of hydrogen-bond acceptors (Lipinski definition) is 3. The van der Waals surface area contributed by atoms with Crippen LogP contribution in [0.5, 0.6) is 5.75 Å². The number of esters is 1. The predicted octanol–water partition coefficient (Wildman–Crippen LogP) is 3.36. The summed E-state index contributed by atoms with van der Waals surface area (Å²) in [7, 11) is 1.42. The summed E-state index contributed by atoms with van der Waals surface area (Å²) in [5.74, 6) is 0.784. The van der Waals surface area contributed by atoms with Crippen molar-refractivity contribution in [2.24, 2.45) is 0 Å². The Labute approximate surface area is 109 Å². The van der Waals surface area contributed by atoms with Crippen molar-refractivity contribution in [3.05, 3.63) is 29.8 Å². The van der Waals surface area contributed by atoms with E-state index >= 15 is 0 Å². The minimum Gasteiger partial charge on any atom is -0.494 e. The van der Waals surface area contributed by atoms with Gasteiger partial charge in [-0.25, -0.2) is 0 Å². The van der Waals surface area contributed by atoms with Gasteiger partial charge in [-0.3, -0.25) is 4.79 Å². The summed E-state index contributed by atoms with van der Waals surface area (Å²) in [5, 5.41) is 0. The molecule has 0 amide bonds. The predicted molar refractivity (Wildman–Crippen MR) is 71.8 cm³/mol. The molecular formula is C15H22O3. The highest BCUT2D eigenvalue weighted by Crippen LogP contribution is 2.13. The van der Waals surface area contributed by atoms with Crippen molar-refractivity contribution in [1.82, 2.24) is 0 Å². The normalized spacial score (nSPS) is 10.1. The highest BCUT2D eigenvalue weighted by molar-refractivity contribution is 5.68. The molecule has 0 fully saturated rings. The van der Waals surface area contributed by atoms with Gasteiger partial charge in [-0.05, 0) is 43.4 Å². The maximum atomic E-state index is 10.9. The van der Waals surface area contributed by atoms with Gasteiger partial charge in [0.15, 0.2) is 0 Å². The largest absolute Gasteiger partial charge is 0.494 e. The van der Waals surface area contributed by atoms with Gasteiger partial charge in [0.05, 0.1) is 13.7 Å². The molecule has 1 rings (SSSR count). The summed E-state index contributed by atoms with van der Waals surface area (Å²) >= 11 is 0. The van der Waals surface area contributed by atoms with Crippen LogP contribution in [0.25, 0.3) is 0 Å². The third-order valence-electron chi connectivity index (χ3n) is 2.85. The summed E-state index contributed by atoms with van der Waals surface area (Å²) in [6.45, 7) is 2.84. The van der Waals surface area contributed by atoms with E-state index in [9.17, 15) is 4.79 Å². The quantitative estimate of drug-likeness (QED) is 0.524. The molecule has 0 radical (unpaired) electrons. The molecule has 3 heteroatoms. The lowest BCUT2D eigenvalue weighted by atomic mass is 10.2. The number of rotatable bonds is 8. The molecule has 0 N–H and O–H groups in total. The highest BCUT2D eigenvalue weighted by atomic mass is 16.5. The Morgan fingerprint density at radius 3 is 2.44 bits per heavy atom. The lowest BCUT2D eigenvalue weighted by Crippen LogP contribution is -2.01. The smallest absolute Gasteiger partial charge is 0.305 e. The van der Waals surface area contributed by atoms with Crippen LogP contribution < -0.4 is 4.74 Å². The maximum Gasteiger partial charge on any atom is 0.305 e. The number of methoxy groups -OCH3 is 1. The fourth-order valence-corrected chi connectivity index (χ4v) is 1.66. The Hall–Kier alpha value is -1.51. The first kappa shape index (κ1) is 14.6. The summed E-state index contributed by atoms with van der Waals surface area (Å²) in [6.07, 6.45) is 4.37. The monoisotopic (exact) mass is 250 g/mol. The first-order valence-corrected chi connectivity index (χ1v) is 6.54. The van der Waals surface area contributed by atoms with Crippen LogP contribution in [0.1, 0.15) is 38.2 Å². The molecular weight excluding hydrogens is 228 g/mol. The molecule has 3 nitrogen and oxygen atoms in total. The number of benzene rings is 1. The SMILES string of the molecule is CCc1ccc(OCCCCCC(=O)OC)cc1. The summed E-state index contributed by atoms with van der Waals surface area (Å²) < 4.78 is 10.2. The number of carbonyl (C=O) groups excluding carboxylic acids is 1. The Morgan fingerprint density at radius 1 is 1.11 bits per heavy atom. The van der Waals surface area contributed by atoms with Crippen LogP contribution in [0.2, 0.25) is 0 Å². The van der Waals surface area contributed by atoms with Gasteiger partial charge in [0.1, 0.15) is 5.75 Å². The fraction of sp³-hybridized carbons (Fsp3) is 0.533. The van der Waals surface area contributed by atoms with E-state index < -0.39 is 0 Å². The van der Waals surface area contributed by atoms with Gasteiger partial charge >= 0.3 is 5.97 Å². The molecule has 1 aromatic carbocycles. The van der Waals surface area contributed by atoms with Crippen LogP contribution in [0, 0.1) is 0 Å². The molecule has 0 heterocycles. The van der Waals surface area contributed by atoms with Gasteiger partial charge in [-0.2, -0.15) is 0 Å². The average Bonchev–Trinajstić information content (AvgIpc) is 2.43. The van der Waals surface area contributed by atoms with Crippen molar-refractivity contribution >= 4 is 5.97 Å². The molecule has 0 unspecified atom stereocenters. The van der Waals surface area contributed by atoms with Gasteiger partial charge in [0.25, 0.3) is 0 Å². The molecule has 0 saturated heterocycles. The number of carbonyl (C=O) groups is 1. The molecule has 0 aliphatic rings. The Morgan fingerprint density at radius 2 is 1.83 bits per heavy atom. The minimum absolute atomic E-state index is 0.133. The van der Waals surface area contributed by atoms with Crippen molar-refractivity contribution in [1.29, 1.82) is 0 Å². The van der Waals surface area contributed by atoms with E-state index in [2.05, 4.69) is 23.8 Å². The van der Waals surface area contributed by atoms with Crippen molar-refractivity contribution in [2.75, 3.05) is 13.7 Å². The fourth-order valence-electron chi connectivity index (χ4n) is 1.66. The zero-order valence-electron chi connectivity index (χ0n) is 11.3. The summed E-state index contributed by atoms with van der Waals surface area (Å²) in [6, 6.07) is 8.19. The molecule has 0 aromatic heterocycles. The maximum absolute atomic E-state index is 10.9. The van der Waals surface area contributed by atoms with Crippen molar-refractivity contribution < 1.29 is 14.3 Å². The van der Waals surface area contributed by atoms with Crippen LogP contribution in [0.3, 0.4) is 0 Å². The first-order valence-electron chi connectivity index (χ1n) is 6.54. The van der Waals surface area contributed by atoms with Crippen LogP contribution in [-0.2, 0) is 16.0 Å². The number of ether oxygens (including phenoxy) is 2. The Balaban J connectivity index is 2.08. The second-order valence-corrected chi connectivity index (χ2v) is 4.23. The molecule has 0 bridgehead atoms. The number of aryl methyl sites for hydroxylation is 1. The van der Waals surface area contributed by atoms with E-state index in [4.69, 9.17) is 4.74 Å². The van der Waals surface area contributed by atoms with Crippen LogP contribution in [-0.4, -0.2) is 19.7 Å². The Kier molecular flexibility index (Phi) is 6.92. The van der Waals surface area contributed by atoms with Crippen LogP contribution in [0.15, 0.2) is 24.3 Å². The van der Waals surface area contributed by atoms with Crippen molar-refractivity contribution in [2.45, 2.75) is 39.0 Å². The number of hydrogen-bond donors (Lipinski definition) is 0. The third-order valence-corrected chi connectivity index (χ3v) is 2.85. The Bertz CT molecular complexity index is 343. The third kappa shape index (κ3) is 5.71. The van der Waals surface area contributed by atoms with Gasteiger partial charge in [-0.15, -0.1) is 0 Å². The van der Waals surface area contributed by atoms with Crippen molar-refractivity contribution in [3.63, 3.8) is 0 Å². The molecule has 100 valence electrons. The molecule has 0 saturated carbocycles. The van der Waals surface area contributed by atoms with E-state index in [1.54, 1.807) is 0 Å². The van der Waals surface area contributed by atoms with E-state index in [1.807, 2.05) is 12.1 Å². The molecule has 0 aliphatic heterocycles. The molecule has 0 aliphatic carbocycles. The lowest BCUT2D eigenvalue weighted by Gasteiger charge is -2.06. The molecule has 18 heavy (non-hydrogen) atoms. The number of unbranched alkanes of at least 4 members (excludes halogenated alkanes) is 2. The van der Waals surface area contributed by atoms with E-state index in [-0.39, 0.29) is 5.97 Å². The summed E-state index contributed by atoms with van der Waals surface area (Å²) in [4.78, 5) is 10.9. The zero-order valence-corrected chi connectivity index (χ0v) is 11.3. The highest BCUT2D eigenvalue weighted by Gasteiger charge is 1.99. The second-order valence-electron chi connectivity index (χ2n) is 4.23. The standard InChI is InChI=1S/C15H22O3/c1-3-13-8-10-14(11-9-13)18-12-6-4-5-7-15(16)17-2/h8-11H,3-7,12H2,1-2H3. The molecule has 1 aromatic rings.